The summed E-state index contributed by atoms with van der Waals surface area (Å²) in [7, 11) is 0. The van der Waals surface area contributed by atoms with E-state index >= 15 is 0 Å². The highest BCUT2D eigenvalue weighted by Crippen LogP contribution is 2.44. The van der Waals surface area contributed by atoms with Crippen LogP contribution in [0.1, 0.15) is 48.3 Å². The van der Waals surface area contributed by atoms with E-state index in [1.165, 1.54) is 38.5 Å². The minimum absolute atomic E-state index is 0.686. The molecule has 0 N–H and O–H groups in total. The number of aryl methyl sites for hydroxylation is 1. The largest absolute Gasteiger partial charge is 0.456 e. The van der Waals surface area contributed by atoms with Gasteiger partial charge >= 0.3 is 0 Å². The molecule has 5 nitrogen and oxygen atoms in total. The van der Waals surface area contributed by atoms with Gasteiger partial charge in [-0.3, -0.25) is 4.57 Å². The second kappa shape index (κ2) is 11.9. The van der Waals surface area contributed by atoms with E-state index in [4.69, 9.17) is 14.4 Å². The van der Waals surface area contributed by atoms with E-state index in [0.29, 0.717) is 5.95 Å². The lowest BCUT2D eigenvalue weighted by molar-refractivity contribution is 0.596. The van der Waals surface area contributed by atoms with Crippen LogP contribution in [0.3, 0.4) is 0 Å². The quantitative estimate of drug-likeness (QED) is 0.183. The minimum Gasteiger partial charge on any atom is -0.456 e. The normalized spacial score (nSPS) is 14.6. The van der Waals surface area contributed by atoms with Gasteiger partial charge in [0.05, 0.1) is 27.6 Å². The van der Waals surface area contributed by atoms with Gasteiger partial charge in [-0.05, 0) is 74.4 Å². The average Bonchev–Trinajstić information content (AvgIpc) is 3.91. The van der Waals surface area contributed by atoms with Gasteiger partial charge in [-0.25, -0.2) is 9.97 Å². The lowest BCUT2D eigenvalue weighted by Crippen LogP contribution is -2.34. The number of allylic oxidation sites excluding steroid dienone is 2. The summed E-state index contributed by atoms with van der Waals surface area (Å²) in [6, 6.07) is 39.6. The van der Waals surface area contributed by atoms with Gasteiger partial charge in [0.25, 0.3) is 0 Å². The molecule has 3 aliphatic carbocycles. The first-order valence-electron chi connectivity index (χ1n) is 19.5. The monoisotopic (exact) mass is 708 g/mol. The van der Waals surface area contributed by atoms with Crippen LogP contribution < -0.4 is 10.6 Å². The van der Waals surface area contributed by atoms with Crippen molar-refractivity contribution in [3.8, 4) is 34.0 Å². The van der Waals surface area contributed by atoms with Gasteiger partial charge in [-0.2, -0.15) is 0 Å². The first-order chi connectivity index (χ1) is 27.3. The SMILES string of the molecule is C1=Cc2oc3c(-c4ccc5c(c4)c4ccc6c7c(n(-c8ccccc8)c6c4n5-c4nc(-c5ccccc5)c5c(n4)=CCCC=5)CCC=C7)cccc3c2CC1. The predicted molar refractivity (Wildman–Crippen MR) is 226 cm³/mol. The van der Waals surface area contributed by atoms with Crippen LogP contribution in [0.2, 0.25) is 0 Å². The molecule has 0 atom stereocenters. The van der Waals surface area contributed by atoms with Crippen molar-refractivity contribution in [1.82, 2.24) is 19.1 Å². The molecule has 0 spiro atoms. The molecule has 0 saturated heterocycles. The summed E-state index contributed by atoms with van der Waals surface area (Å²) in [5.74, 6) is 1.67. The maximum Gasteiger partial charge on any atom is 0.235 e. The van der Waals surface area contributed by atoms with E-state index in [9.17, 15) is 0 Å². The molecule has 9 aromatic rings. The summed E-state index contributed by atoms with van der Waals surface area (Å²) in [5.41, 5.74) is 13.8. The maximum atomic E-state index is 6.60. The molecule has 0 radical (unpaired) electrons. The Kier molecular flexibility index (Phi) is 6.64. The van der Waals surface area contributed by atoms with Crippen LogP contribution in [0.25, 0.3) is 102 Å². The van der Waals surface area contributed by atoms with E-state index in [1.54, 1.807) is 0 Å². The summed E-state index contributed by atoms with van der Waals surface area (Å²) in [6.45, 7) is 0. The first kappa shape index (κ1) is 30.7. The fourth-order valence-electron chi connectivity index (χ4n) is 9.46. The molecule has 12 rings (SSSR count). The summed E-state index contributed by atoms with van der Waals surface area (Å²) in [4.78, 5) is 10.9. The topological polar surface area (TPSA) is 48.8 Å². The highest BCUT2D eigenvalue weighted by atomic mass is 16.3. The molecule has 4 heterocycles. The Bertz CT molecular complexity index is 3250. The van der Waals surface area contributed by atoms with Gasteiger partial charge in [-0.1, -0.05) is 115 Å². The third-order valence-corrected chi connectivity index (χ3v) is 11.9. The Labute approximate surface area is 317 Å². The van der Waals surface area contributed by atoms with E-state index < -0.39 is 0 Å². The molecular formula is C50H36N4O. The highest BCUT2D eigenvalue weighted by molar-refractivity contribution is 6.20. The van der Waals surface area contributed by atoms with Gasteiger partial charge in [0.15, 0.2) is 0 Å². The van der Waals surface area contributed by atoms with Crippen LogP contribution in [-0.2, 0) is 12.8 Å². The molecule has 3 aliphatic rings. The minimum atomic E-state index is 0.686. The van der Waals surface area contributed by atoms with Gasteiger partial charge in [-0.15, -0.1) is 0 Å². The Morgan fingerprint density at radius 2 is 1.38 bits per heavy atom. The molecule has 0 aliphatic heterocycles. The van der Waals surface area contributed by atoms with Crippen molar-refractivity contribution < 1.29 is 4.42 Å². The molecule has 0 bridgehead atoms. The smallest absolute Gasteiger partial charge is 0.235 e. The molecule has 55 heavy (non-hydrogen) atoms. The first-order valence-corrected chi connectivity index (χ1v) is 19.5. The summed E-state index contributed by atoms with van der Waals surface area (Å²) in [6.07, 6.45) is 19.6. The van der Waals surface area contributed by atoms with Gasteiger partial charge < -0.3 is 8.98 Å². The molecule has 0 amide bonds. The summed E-state index contributed by atoms with van der Waals surface area (Å²) < 4.78 is 11.4. The van der Waals surface area contributed by atoms with Crippen LogP contribution in [-0.4, -0.2) is 19.1 Å². The number of aromatic nitrogens is 4. The zero-order valence-electron chi connectivity index (χ0n) is 30.3. The second-order valence-corrected chi connectivity index (χ2v) is 15.0. The fraction of sp³-hybridized carbons (Fsp3) is 0.120. The number of fused-ring (bicyclic) bond motifs is 11. The fourth-order valence-corrected chi connectivity index (χ4v) is 9.46. The molecular weight excluding hydrogens is 673 g/mol. The van der Waals surface area contributed by atoms with Gasteiger partial charge in [0.1, 0.15) is 11.3 Å². The van der Waals surface area contributed by atoms with E-state index in [2.05, 4.69) is 155 Å². The van der Waals surface area contributed by atoms with Crippen LogP contribution >= 0.6 is 0 Å². The second-order valence-electron chi connectivity index (χ2n) is 15.0. The molecule has 262 valence electrons. The third kappa shape index (κ3) is 4.53. The van der Waals surface area contributed by atoms with Crippen LogP contribution in [0.4, 0.5) is 0 Å². The Morgan fingerprint density at radius 1 is 0.582 bits per heavy atom. The van der Waals surface area contributed by atoms with Crippen LogP contribution in [0, 0.1) is 0 Å². The summed E-state index contributed by atoms with van der Waals surface area (Å²) >= 11 is 0. The van der Waals surface area contributed by atoms with Gasteiger partial charge in [0.2, 0.25) is 5.95 Å². The number of benzene rings is 5. The standard InChI is InChI=1S/C50H36N4O/c1-3-14-31(15-4-1)46-40-20-7-10-23-42(40)51-50(52-46)54-44-29-26-32(34-21-13-22-39-36-19-9-12-25-45(36)55-49(34)39)30-41(44)38-28-27-37-35-18-8-11-24-43(35)53(47(37)48(38)54)33-16-5-2-6-17-33/h1-6,8,12-18,20-23,25-30H,7,9-11,19,24H2. The van der Waals surface area contributed by atoms with Crippen molar-refractivity contribution in [2.45, 2.75) is 38.5 Å². The molecule has 5 heteroatoms. The zero-order chi connectivity index (χ0) is 36.0. The van der Waals surface area contributed by atoms with Crippen molar-refractivity contribution in [2.75, 3.05) is 0 Å². The number of hydrogen-bond donors (Lipinski definition) is 0. The van der Waals surface area contributed by atoms with Crippen LogP contribution in [0.15, 0.2) is 126 Å². The predicted octanol–water partition coefficient (Wildman–Crippen LogP) is 10.9. The van der Waals surface area contributed by atoms with Gasteiger partial charge in [0, 0.05) is 60.4 Å². The molecule has 0 fully saturated rings. The molecule has 0 unspecified atom stereocenters. The van der Waals surface area contributed by atoms with Crippen molar-refractivity contribution >= 4 is 68.0 Å². The van der Waals surface area contributed by atoms with E-state index in [1.807, 2.05) is 0 Å². The zero-order valence-corrected chi connectivity index (χ0v) is 30.3. The molecule has 0 saturated carbocycles. The lowest BCUT2D eigenvalue weighted by atomic mass is 9.97. The van der Waals surface area contributed by atoms with Crippen molar-refractivity contribution in [1.29, 1.82) is 0 Å². The molecule has 4 aromatic heterocycles. The number of nitrogens with zero attached hydrogens (tertiary/aromatic N) is 4. The van der Waals surface area contributed by atoms with Crippen molar-refractivity contribution in [3.05, 3.63) is 154 Å². The van der Waals surface area contributed by atoms with E-state index in [-0.39, 0.29) is 0 Å². The van der Waals surface area contributed by atoms with Crippen molar-refractivity contribution in [2.24, 2.45) is 0 Å². The van der Waals surface area contributed by atoms with Crippen molar-refractivity contribution in [3.63, 3.8) is 0 Å². The number of rotatable bonds is 4. The number of furan rings is 1. The Hall–Kier alpha value is -6.72. The highest BCUT2D eigenvalue weighted by Gasteiger charge is 2.26. The average molecular weight is 709 g/mol. The van der Waals surface area contributed by atoms with E-state index in [0.717, 1.165) is 105 Å². The summed E-state index contributed by atoms with van der Waals surface area (Å²) in [5, 5.41) is 6.90. The number of hydrogen-bond acceptors (Lipinski definition) is 3. The Balaban J connectivity index is 1.22. The van der Waals surface area contributed by atoms with Crippen LogP contribution in [0.5, 0.6) is 0 Å². The maximum absolute atomic E-state index is 6.60. The number of para-hydroxylation sites is 2. The third-order valence-electron chi connectivity index (χ3n) is 11.9. The molecule has 5 aromatic carbocycles. The Morgan fingerprint density at radius 3 is 2.29 bits per heavy atom. The lowest BCUT2D eigenvalue weighted by Gasteiger charge is -2.15.